The average Bonchev–Trinajstić information content (AvgIpc) is 2.14. The molecule has 6 nitrogen and oxygen atoms in total. The van der Waals surface area contributed by atoms with Crippen molar-refractivity contribution in [1.29, 1.82) is 0 Å². The molecule has 90 valence electrons. The molecular weight excluding hydrogens is 240 g/mol. The highest BCUT2D eigenvalue weighted by Gasteiger charge is 2.23. The summed E-state index contributed by atoms with van der Waals surface area (Å²) < 4.78 is 30.6. The minimum absolute atomic E-state index is 0.186. The number of carbonyl (C=O) groups is 1. The summed E-state index contributed by atoms with van der Waals surface area (Å²) in [6.07, 6.45) is 2.67. The molecule has 0 spiro atoms. The van der Waals surface area contributed by atoms with Crippen LogP contribution in [0.1, 0.15) is 12.8 Å². The van der Waals surface area contributed by atoms with E-state index in [0.29, 0.717) is 6.42 Å². The first-order chi connectivity index (χ1) is 6.91. The van der Waals surface area contributed by atoms with E-state index in [1.807, 2.05) is 6.26 Å². The summed E-state index contributed by atoms with van der Waals surface area (Å²) in [4.78, 5) is 10.9. The van der Waals surface area contributed by atoms with Crippen molar-refractivity contribution in [2.75, 3.05) is 18.6 Å². The van der Waals surface area contributed by atoms with Crippen molar-refractivity contribution >= 4 is 27.8 Å². The van der Waals surface area contributed by atoms with Gasteiger partial charge in [0.1, 0.15) is 0 Å². The molecule has 1 atom stereocenters. The lowest BCUT2D eigenvalue weighted by Gasteiger charge is -2.14. The Labute approximate surface area is 93.7 Å². The first-order valence-electron chi connectivity index (χ1n) is 4.36. The molecule has 0 fully saturated rings. The van der Waals surface area contributed by atoms with Gasteiger partial charge in [-0.25, -0.2) is 0 Å². The van der Waals surface area contributed by atoms with Crippen LogP contribution < -0.4 is 11.1 Å². The van der Waals surface area contributed by atoms with E-state index in [9.17, 15) is 13.2 Å². The lowest BCUT2D eigenvalue weighted by molar-refractivity contribution is -0.120. The van der Waals surface area contributed by atoms with Gasteiger partial charge in [-0.15, -0.1) is 0 Å². The quantitative estimate of drug-likeness (QED) is 0.415. The molecule has 1 unspecified atom stereocenters. The molecule has 0 aromatic carbocycles. The van der Waals surface area contributed by atoms with E-state index in [4.69, 9.17) is 10.3 Å². The van der Waals surface area contributed by atoms with Crippen molar-refractivity contribution in [1.82, 2.24) is 5.32 Å². The Balaban J connectivity index is 4.27. The second-order valence-electron chi connectivity index (χ2n) is 2.91. The maximum atomic E-state index is 10.9. The third-order valence-electron chi connectivity index (χ3n) is 1.68. The van der Waals surface area contributed by atoms with Crippen molar-refractivity contribution in [2.45, 2.75) is 18.2 Å². The molecule has 0 aliphatic carbocycles. The van der Waals surface area contributed by atoms with E-state index in [-0.39, 0.29) is 13.0 Å². The molecule has 15 heavy (non-hydrogen) atoms. The highest BCUT2D eigenvalue weighted by Crippen LogP contribution is 2.07. The molecule has 0 aliphatic heterocycles. The highest BCUT2D eigenvalue weighted by atomic mass is 32.2. The number of carbonyl (C=O) groups excluding carboxylic acids is 1. The fourth-order valence-electron chi connectivity index (χ4n) is 0.947. The summed E-state index contributed by atoms with van der Waals surface area (Å²) in [5.74, 6) is 0.173. The van der Waals surface area contributed by atoms with Crippen molar-refractivity contribution in [3.63, 3.8) is 0 Å². The predicted octanol–water partition coefficient (Wildman–Crippen LogP) is -0.582. The van der Waals surface area contributed by atoms with Gasteiger partial charge in [0.15, 0.2) is 5.37 Å². The zero-order valence-electron chi connectivity index (χ0n) is 8.47. The summed E-state index contributed by atoms with van der Waals surface area (Å²) in [5.41, 5.74) is 5.03. The van der Waals surface area contributed by atoms with Crippen LogP contribution in [0.2, 0.25) is 0 Å². The molecule has 0 aliphatic rings. The summed E-state index contributed by atoms with van der Waals surface area (Å²) in [7, 11) is -4.25. The van der Waals surface area contributed by atoms with E-state index in [1.54, 1.807) is 11.8 Å². The van der Waals surface area contributed by atoms with Crippen molar-refractivity contribution < 1.29 is 17.8 Å². The third kappa shape index (κ3) is 6.72. The van der Waals surface area contributed by atoms with Crippen LogP contribution in [0.25, 0.3) is 0 Å². The van der Waals surface area contributed by atoms with Gasteiger partial charge in [-0.05, 0) is 24.9 Å². The molecule has 0 saturated heterocycles. The largest absolute Gasteiger partial charge is 0.336 e. The zero-order valence-corrected chi connectivity index (χ0v) is 10.1. The van der Waals surface area contributed by atoms with E-state index in [2.05, 4.69) is 5.32 Å². The van der Waals surface area contributed by atoms with Crippen LogP contribution in [0, 0.1) is 0 Å². The van der Waals surface area contributed by atoms with Crippen molar-refractivity contribution in [2.24, 2.45) is 5.73 Å². The van der Waals surface area contributed by atoms with Crippen LogP contribution in [0.5, 0.6) is 0 Å². The minimum atomic E-state index is -4.25. The SMILES string of the molecule is CSCCCC(NC(=O)CN)S(=O)(=O)O. The molecule has 0 aromatic rings. The van der Waals surface area contributed by atoms with Crippen LogP contribution in [0.4, 0.5) is 0 Å². The van der Waals surface area contributed by atoms with Gasteiger partial charge in [-0.1, -0.05) is 0 Å². The Morgan fingerprint density at radius 3 is 2.60 bits per heavy atom. The summed E-state index contributed by atoms with van der Waals surface area (Å²) >= 11 is 1.57. The maximum Gasteiger partial charge on any atom is 0.286 e. The highest BCUT2D eigenvalue weighted by molar-refractivity contribution is 7.98. The van der Waals surface area contributed by atoms with Gasteiger partial charge in [0.05, 0.1) is 6.54 Å². The standard InChI is InChI=1S/C7H16N2O4S2/c1-14-4-2-3-7(15(11,12)13)9-6(10)5-8/h7H,2-5,8H2,1H3,(H,9,10)(H,11,12,13). The van der Waals surface area contributed by atoms with E-state index in [1.165, 1.54) is 0 Å². The Bertz CT molecular complexity index is 291. The molecule has 0 radical (unpaired) electrons. The number of thioether (sulfide) groups is 1. The van der Waals surface area contributed by atoms with Crippen LogP contribution in [0.3, 0.4) is 0 Å². The van der Waals surface area contributed by atoms with Crippen LogP contribution in [-0.2, 0) is 14.9 Å². The van der Waals surface area contributed by atoms with Gasteiger partial charge in [0, 0.05) is 0 Å². The second-order valence-corrected chi connectivity index (χ2v) is 5.49. The third-order valence-corrected chi connectivity index (χ3v) is 3.45. The molecule has 1 amide bonds. The molecule has 0 saturated carbocycles. The van der Waals surface area contributed by atoms with Gasteiger partial charge in [-0.3, -0.25) is 9.35 Å². The lowest BCUT2D eigenvalue weighted by Crippen LogP contribution is -2.43. The van der Waals surface area contributed by atoms with Crippen LogP contribution in [0.15, 0.2) is 0 Å². The first kappa shape index (κ1) is 14.7. The van der Waals surface area contributed by atoms with Crippen LogP contribution >= 0.6 is 11.8 Å². The number of nitrogens with one attached hydrogen (secondary N) is 1. The molecule has 0 heterocycles. The van der Waals surface area contributed by atoms with Gasteiger partial charge < -0.3 is 11.1 Å². The van der Waals surface area contributed by atoms with E-state index in [0.717, 1.165) is 5.75 Å². The zero-order chi connectivity index (χ0) is 11.9. The summed E-state index contributed by atoms with van der Waals surface area (Å²) in [5, 5.41) is 0.905. The summed E-state index contributed by atoms with van der Waals surface area (Å²) in [6, 6.07) is 0. The van der Waals surface area contributed by atoms with Gasteiger partial charge in [0.2, 0.25) is 5.91 Å². The van der Waals surface area contributed by atoms with Crippen LogP contribution in [-0.4, -0.2) is 42.8 Å². The molecule has 0 aromatic heterocycles. The smallest absolute Gasteiger partial charge is 0.286 e. The fraction of sp³-hybridized carbons (Fsp3) is 0.857. The Morgan fingerprint density at radius 2 is 2.20 bits per heavy atom. The average molecular weight is 256 g/mol. The predicted molar refractivity (Wildman–Crippen MR) is 60.1 cm³/mol. The Kier molecular flexibility index (Phi) is 6.90. The number of nitrogens with two attached hydrogens (primary N) is 1. The van der Waals surface area contributed by atoms with Gasteiger partial charge in [-0.2, -0.15) is 20.2 Å². The molecule has 0 bridgehead atoms. The van der Waals surface area contributed by atoms with Gasteiger partial charge >= 0.3 is 0 Å². The molecule has 0 rings (SSSR count). The number of hydrogen-bond donors (Lipinski definition) is 3. The summed E-state index contributed by atoms with van der Waals surface area (Å²) in [6.45, 7) is -0.297. The molecular formula is C7H16N2O4S2. The topological polar surface area (TPSA) is 109 Å². The van der Waals surface area contributed by atoms with Crippen molar-refractivity contribution in [3.8, 4) is 0 Å². The second kappa shape index (κ2) is 7.04. The minimum Gasteiger partial charge on any atom is -0.336 e. The normalized spacial score (nSPS) is 13.5. The Morgan fingerprint density at radius 1 is 1.60 bits per heavy atom. The molecule has 8 heteroatoms. The lowest BCUT2D eigenvalue weighted by atomic mass is 10.3. The Hall–Kier alpha value is -0.310. The molecule has 4 N–H and O–H groups in total. The first-order valence-corrected chi connectivity index (χ1v) is 7.26. The monoisotopic (exact) mass is 256 g/mol. The number of amides is 1. The number of hydrogen-bond acceptors (Lipinski definition) is 5. The maximum absolute atomic E-state index is 10.9. The fourth-order valence-corrected chi connectivity index (χ4v) is 2.15. The van der Waals surface area contributed by atoms with E-state index >= 15 is 0 Å². The van der Waals surface area contributed by atoms with Crippen molar-refractivity contribution in [3.05, 3.63) is 0 Å². The van der Waals surface area contributed by atoms with E-state index < -0.39 is 21.4 Å². The number of rotatable bonds is 7. The van der Waals surface area contributed by atoms with Gasteiger partial charge in [0.25, 0.3) is 10.1 Å².